The smallest absolute Gasteiger partial charge is 0.309 e. The van der Waals surface area contributed by atoms with Gasteiger partial charge in [-0.25, -0.2) is 64.3 Å². The van der Waals surface area contributed by atoms with E-state index in [0.29, 0.717) is 52.6 Å². The molecule has 25 heteroatoms. The van der Waals surface area contributed by atoms with E-state index in [2.05, 4.69) is 73.2 Å². The number of pyridine rings is 2. The summed E-state index contributed by atoms with van der Waals surface area (Å²) in [4.78, 5) is 29.1. The predicted octanol–water partition coefficient (Wildman–Crippen LogP) is 13.1. The molecule has 0 spiro atoms. The zero-order valence-electron chi connectivity index (χ0n) is 49.3. The lowest BCUT2D eigenvalue weighted by Gasteiger charge is -2.33. The van der Waals surface area contributed by atoms with Crippen molar-refractivity contribution in [1.29, 1.82) is 0 Å². The van der Waals surface area contributed by atoms with E-state index >= 15 is 8.78 Å². The van der Waals surface area contributed by atoms with E-state index in [1.807, 2.05) is 0 Å². The molecule has 2 fully saturated rings. The molecule has 4 heterocycles. The number of benzene rings is 4. The molecule has 0 amide bonds. The Balaban J connectivity index is 0.000000198. The molecule has 0 bridgehead atoms. The minimum Gasteiger partial charge on any atom is -0.481 e. The highest BCUT2D eigenvalue weighted by molar-refractivity contribution is 7.91. The number of hydrogen-bond acceptors (Lipinski definition) is 16. The van der Waals surface area contributed by atoms with E-state index in [1.54, 1.807) is 42.6 Å². The number of anilines is 1. The standard InChI is InChI=1S/C31H34ClF2N5O3S.C23H17ClF3N3O3S.C8H18N2/c1-31(33,34)25-16-19(15-20-17-35-30(38-28(20)25)37-21-9-12-23(13-10-21)39(2)3)24-14-11-22(36-29(24)42-4)18-43(40,41)27-8-6-5-7-26(27)32;1-23(26,27)17-10-13(9-14-11-28-22(25)30-20(14)17)16-8-7-15(29-21(16)33-2)12-34(31,32)19-6-4-3-5-18(19)24;1-10(2)8-5-3-7(9)4-6-8/h5-8,11,14-17,21,23H,9-10,12-13,18H2,1-4H3,(H,35,37,38);3-11H,12H2,1-2H3;7-8H,3-6,9H2,1-2H3. The van der Waals surface area contributed by atoms with E-state index in [1.165, 1.54) is 101 Å². The van der Waals surface area contributed by atoms with Crippen molar-refractivity contribution in [2.75, 3.05) is 47.7 Å². The molecule has 0 unspecified atom stereocenters. The number of nitrogens with two attached hydrogens (primary N) is 1. The molecule has 2 aliphatic rings. The Bertz CT molecular complexity index is 3980. The van der Waals surface area contributed by atoms with Gasteiger partial charge >= 0.3 is 6.08 Å². The second-order valence-corrected chi connectivity index (χ2v) is 27.0. The Hall–Kier alpha value is -6.73. The molecular weight excluding hydrogens is 1210 g/mol. The average molecular weight is 1280 g/mol. The minimum atomic E-state index is -3.81. The van der Waals surface area contributed by atoms with Crippen LogP contribution >= 0.6 is 23.2 Å². The second-order valence-electron chi connectivity index (χ2n) is 22.3. The third-order valence-corrected chi connectivity index (χ3v) is 19.7. The molecule has 87 heavy (non-hydrogen) atoms. The maximum atomic E-state index is 15.0. The molecule has 2 aliphatic carbocycles. The number of nitrogens with one attached hydrogen (secondary N) is 1. The number of sulfone groups is 2. The van der Waals surface area contributed by atoms with Gasteiger partial charge in [-0.1, -0.05) is 47.5 Å². The van der Waals surface area contributed by atoms with Crippen LogP contribution in [0, 0.1) is 6.08 Å². The number of hydrogen-bond donors (Lipinski definition) is 2. The molecular formula is C62H69Cl2F5N10O6S2. The van der Waals surface area contributed by atoms with Crippen LogP contribution in [-0.4, -0.2) is 123 Å². The highest BCUT2D eigenvalue weighted by Gasteiger charge is 2.32. The van der Waals surface area contributed by atoms with Gasteiger partial charge < -0.3 is 30.3 Å². The van der Waals surface area contributed by atoms with Crippen molar-refractivity contribution in [1.82, 2.24) is 39.7 Å². The molecule has 4 aromatic heterocycles. The highest BCUT2D eigenvalue weighted by atomic mass is 35.5. The summed E-state index contributed by atoms with van der Waals surface area (Å²) in [5.74, 6) is -6.93. The fourth-order valence-electron chi connectivity index (χ4n) is 10.7. The topological polar surface area (TPSA) is 209 Å². The number of nitrogens with zero attached hydrogens (tertiary/aromatic N) is 8. The molecule has 3 N–H and O–H groups in total. The molecule has 4 aromatic carbocycles. The normalized spacial score (nSPS) is 17.5. The summed E-state index contributed by atoms with van der Waals surface area (Å²) in [5, 5.41) is 4.18. The van der Waals surface area contributed by atoms with Crippen LogP contribution < -0.4 is 20.5 Å². The van der Waals surface area contributed by atoms with Crippen molar-refractivity contribution in [3.63, 3.8) is 0 Å². The number of alkyl halides is 4. The van der Waals surface area contributed by atoms with E-state index in [4.69, 9.17) is 38.4 Å². The van der Waals surface area contributed by atoms with Crippen LogP contribution in [0.2, 0.25) is 10.0 Å². The average Bonchev–Trinajstić information content (AvgIpc) is 1.15. The lowest BCUT2D eigenvalue weighted by Crippen LogP contribution is -2.36. The fraction of sp³-hybridized carbons (Fsp3) is 0.387. The molecule has 10 rings (SSSR count). The number of rotatable bonds is 16. The molecule has 16 nitrogen and oxygen atoms in total. The van der Waals surface area contributed by atoms with Crippen molar-refractivity contribution in [3.8, 4) is 34.0 Å². The summed E-state index contributed by atoms with van der Waals surface area (Å²) in [6, 6.07) is 26.1. The van der Waals surface area contributed by atoms with Gasteiger partial charge in [-0.3, -0.25) is 0 Å². The van der Waals surface area contributed by atoms with Gasteiger partial charge in [-0.15, -0.1) is 0 Å². The van der Waals surface area contributed by atoms with Crippen LogP contribution in [0.4, 0.5) is 27.9 Å². The Morgan fingerprint density at radius 1 is 0.586 bits per heavy atom. The van der Waals surface area contributed by atoms with E-state index in [9.17, 15) is 30.0 Å². The van der Waals surface area contributed by atoms with Crippen molar-refractivity contribution in [3.05, 3.63) is 148 Å². The summed E-state index contributed by atoms with van der Waals surface area (Å²) < 4.78 is 135. The van der Waals surface area contributed by atoms with Crippen molar-refractivity contribution >= 4 is 70.6 Å². The van der Waals surface area contributed by atoms with E-state index in [-0.39, 0.29) is 71.0 Å². The van der Waals surface area contributed by atoms with Gasteiger partial charge in [0.25, 0.3) is 11.8 Å². The Labute approximate surface area is 513 Å². The first kappa shape index (κ1) is 66.2. The first-order valence-electron chi connectivity index (χ1n) is 28.0. The molecule has 0 atom stereocenters. The maximum Gasteiger partial charge on any atom is 0.309 e. The molecule has 464 valence electrons. The fourth-order valence-corrected chi connectivity index (χ4v) is 14.4. The zero-order valence-corrected chi connectivity index (χ0v) is 52.5. The van der Waals surface area contributed by atoms with Gasteiger partial charge in [0.15, 0.2) is 19.7 Å². The van der Waals surface area contributed by atoms with Crippen molar-refractivity contribution in [2.24, 2.45) is 5.73 Å². The summed E-state index contributed by atoms with van der Waals surface area (Å²) >= 11 is 12.1. The zero-order chi connectivity index (χ0) is 63.2. The summed E-state index contributed by atoms with van der Waals surface area (Å²) in [7, 11) is 3.59. The molecule has 0 saturated heterocycles. The third kappa shape index (κ3) is 16.5. The predicted molar refractivity (Wildman–Crippen MR) is 330 cm³/mol. The van der Waals surface area contributed by atoms with Gasteiger partial charge in [0.1, 0.15) is 0 Å². The maximum absolute atomic E-state index is 15.0. The third-order valence-electron chi connectivity index (χ3n) is 15.4. The van der Waals surface area contributed by atoms with Crippen molar-refractivity contribution in [2.45, 2.75) is 123 Å². The monoisotopic (exact) mass is 1280 g/mol. The number of fused-ring (bicyclic) bond motifs is 2. The van der Waals surface area contributed by atoms with Gasteiger partial charge in [0, 0.05) is 83.4 Å². The van der Waals surface area contributed by atoms with Crippen LogP contribution in [0.15, 0.2) is 119 Å². The highest BCUT2D eigenvalue weighted by Crippen LogP contribution is 2.41. The van der Waals surface area contributed by atoms with Gasteiger partial charge in [0.2, 0.25) is 17.7 Å². The van der Waals surface area contributed by atoms with E-state index in [0.717, 1.165) is 44.8 Å². The lowest BCUT2D eigenvalue weighted by atomic mass is 9.90. The van der Waals surface area contributed by atoms with Crippen molar-refractivity contribution < 1.29 is 48.3 Å². The molecule has 0 radical (unpaired) electrons. The molecule has 8 aromatic rings. The van der Waals surface area contributed by atoms with Crippen LogP contribution in [-0.2, 0) is 43.0 Å². The molecule has 2 saturated carbocycles. The van der Waals surface area contributed by atoms with Crippen LogP contribution in [0.25, 0.3) is 44.1 Å². The van der Waals surface area contributed by atoms with Crippen LogP contribution in [0.3, 0.4) is 0 Å². The Morgan fingerprint density at radius 2 is 1.00 bits per heavy atom. The largest absolute Gasteiger partial charge is 0.481 e. The Morgan fingerprint density at radius 3 is 1.41 bits per heavy atom. The number of ether oxygens (including phenoxy) is 2. The SMILES string of the molecule is CN(C)C1CCC(N)CC1.COc1nc(CS(=O)(=O)c2ccccc2Cl)ccc1-c1cc(C(C)(F)F)c2nc(F)ncc2c1.COc1nc(CS(=O)(=O)c2ccccc2Cl)ccc1-c1cc(C(C)(F)F)c2nc(NC3CCC(N(C)C)CC3)ncc2c1. The first-order valence-corrected chi connectivity index (χ1v) is 32.0. The van der Waals surface area contributed by atoms with Crippen LogP contribution in [0.1, 0.15) is 87.7 Å². The quantitative estimate of drug-likeness (QED) is 0.0681. The number of methoxy groups -OCH3 is 2. The second kappa shape index (κ2) is 27.8. The lowest BCUT2D eigenvalue weighted by molar-refractivity contribution is 0.0182. The Kier molecular flexibility index (Phi) is 21.1. The van der Waals surface area contributed by atoms with Gasteiger partial charge in [-0.2, -0.15) is 4.39 Å². The van der Waals surface area contributed by atoms with E-state index < -0.39 is 54.7 Å². The summed E-state index contributed by atoms with van der Waals surface area (Å²) in [6.07, 6.45) is 10.5. The summed E-state index contributed by atoms with van der Waals surface area (Å²) in [6.45, 7) is 1.52. The summed E-state index contributed by atoms with van der Waals surface area (Å²) in [5.41, 5.74) is 6.84. The van der Waals surface area contributed by atoms with Gasteiger partial charge in [0.05, 0.1) is 68.0 Å². The molecule has 0 aliphatic heterocycles. The van der Waals surface area contributed by atoms with Crippen LogP contribution in [0.5, 0.6) is 11.8 Å². The minimum absolute atomic E-state index is 0.000891. The first-order chi connectivity index (χ1) is 41.0. The number of aromatic nitrogens is 6. The van der Waals surface area contributed by atoms with Gasteiger partial charge in [-0.05, 0) is 163 Å². The number of halogens is 7.